The maximum absolute atomic E-state index is 13.1. The van der Waals surface area contributed by atoms with Crippen LogP contribution in [0.1, 0.15) is 15.9 Å². The SMILES string of the molecule is COc1cc(NC(=O)c2cc3ccccc3c(N=Nc3cc(C)cc(S(=O)(=O)O)c3Cl)c2O)ccc1Cl. The zero-order valence-corrected chi connectivity index (χ0v) is 21.7. The molecule has 0 radical (unpaired) electrons. The highest BCUT2D eigenvalue weighted by Gasteiger charge is 2.21. The molecule has 3 N–H and O–H groups in total. The quantitative estimate of drug-likeness (QED) is 0.170. The summed E-state index contributed by atoms with van der Waals surface area (Å²) in [6.45, 7) is 1.59. The van der Waals surface area contributed by atoms with Gasteiger partial charge in [-0.3, -0.25) is 9.35 Å². The molecule has 0 heterocycles. The summed E-state index contributed by atoms with van der Waals surface area (Å²) in [5, 5.41) is 23.0. The number of carbonyl (C=O) groups excluding carboxylic acids is 1. The molecule has 1 amide bonds. The van der Waals surface area contributed by atoms with Crippen LogP contribution >= 0.6 is 23.2 Å². The van der Waals surface area contributed by atoms with Crippen molar-refractivity contribution in [2.45, 2.75) is 11.8 Å². The van der Waals surface area contributed by atoms with Crippen molar-refractivity contribution < 1.29 is 27.6 Å². The normalized spacial score (nSPS) is 11.7. The van der Waals surface area contributed by atoms with Crippen molar-refractivity contribution in [3.63, 3.8) is 0 Å². The Balaban J connectivity index is 1.81. The monoisotopic (exact) mass is 559 g/mol. The van der Waals surface area contributed by atoms with Crippen LogP contribution in [0.25, 0.3) is 10.8 Å². The summed E-state index contributed by atoms with van der Waals surface area (Å²) >= 11 is 12.2. The van der Waals surface area contributed by atoms with E-state index < -0.39 is 26.7 Å². The number of aromatic hydroxyl groups is 1. The molecule has 190 valence electrons. The van der Waals surface area contributed by atoms with Gasteiger partial charge in [0.05, 0.1) is 22.7 Å². The highest BCUT2D eigenvalue weighted by atomic mass is 35.5. The molecular weight excluding hydrogens is 541 g/mol. The van der Waals surface area contributed by atoms with Gasteiger partial charge in [0, 0.05) is 17.1 Å². The van der Waals surface area contributed by atoms with Crippen LogP contribution in [0.4, 0.5) is 17.1 Å². The molecule has 0 aliphatic carbocycles. The highest BCUT2D eigenvalue weighted by molar-refractivity contribution is 7.86. The molecule has 37 heavy (non-hydrogen) atoms. The van der Waals surface area contributed by atoms with Crippen LogP contribution in [-0.2, 0) is 10.1 Å². The summed E-state index contributed by atoms with van der Waals surface area (Å²) in [5.74, 6) is -0.734. The Morgan fingerprint density at radius 3 is 2.46 bits per heavy atom. The number of aryl methyl sites for hydroxylation is 1. The first-order valence-corrected chi connectivity index (χ1v) is 12.8. The lowest BCUT2D eigenvalue weighted by molar-refractivity contribution is 0.102. The number of phenols is 1. The predicted molar refractivity (Wildman–Crippen MR) is 142 cm³/mol. The van der Waals surface area contributed by atoms with Crippen LogP contribution in [0.3, 0.4) is 0 Å². The molecular formula is C25H19Cl2N3O6S. The van der Waals surface area contributed by atoms with Gasteiger partial charge >= 0.3 is 0 Å². The molecule has 0 spiro atoms. The van der Waals surface area contributed by atoms with Crippen LogP contribution in [0.5, 0.6) is 11.5 Å². The minimum absolute atomic E-state index is 0.0390. The van der Waals surface area contributed by atoms with Gasteiger partial charge in [-0.15, -0.1) is 10.2 Å². The van der Waals surface area contributed by atoms with E-state index in [1.807, 2.05) is 0 Å². The van der Waals surface area contributed by atoms with Crippen molar-refractivity contribution in [2.75, 3.05) is 12.4 Å². The number of anilines is 1. The van der Waals surface area contributed by atoms with E-state index in [-0.39, 0.29) is 22.0 Å². The molecule has 4 aromatic rings. The molecule has 0 aromatic heterocycles. The number of phenolic OH excluding ortho intramolecular Hbond substituents is 1. The van der Waals surface area contributed by atoms with E-state index in [2.05, 4.69) is 15.5 Å². The van der Waals surface area contributed by atoms with E-state index in [1.54, 1.807) is 43.3 Å². The largest absolute Gasteiger partial charge is 0.505 e. The summed E-state index contributed by atoms with van der Waals surface area (Å²) in [4.78, 5) is 12.6. The van der Waals surface area contributed by atoms with Crippen molar-refractivity contribution in [2.24, 2.45) is 10.2 Å². The third kappa shape index (κ3) is 5.52. The topological polar surface area (TPSA) is 138 Å². The van der Waals surface area contributed by atoms with E-state index in [4.69, 9.17) is 27.9 Å². The number of azo groups is 1. The molecule has 4 aromatic carbocycles. The molecule has 12 heteroatoms. The molecule has 0 aliphatic rings. The molecule has 0 saturated heterocycles. The summed E-state index contributed by atoms with van der Waals surface area (Å²) in [7, 11) is -3.17. The van der Waals surface area contributed by atoms with Crippen molar-refractivity contribution in [1.82, 2.24) is 0 Å². The fourth-order valence-electron chi connectivity index (χ4n) is 3.61. The minimum atomic E-state index is -4.61. The molecule has 0 atom stereocenters. The third-order valence-electron chi connectivity index (χ3n) is 5.35. The van der Waals surface area contributed by atoms with Crippen molar-refractivity contribution in [3.8, 4) is 11.5 Å². The summed E-state index contributed by atoms with van der Waals surface area (Å²) < 4.78 is 38.0. The van der Waals surface area contributed by atoms with Gasteiger partial charge in [0.25, 0.3) is 16.0 Å². The average molecular weight is 560 g/mol. The Labute approximate surface area is 222 Å². The average Bonchev–Trinajstić information content (AvgIpc) is 2.85. The first kappa shape index (κ1) is 26.4. The summed E-state index contributed by atoms with van der Waals surface area (Å²) in [6, 6.07) is 15.7. The number of nitrogens with one attached hydrogen (secondary N) is 1. The Bertz CT molecular complexity index is 1690. The molecule has 0 aliphatic heterocycles. The smallest absolute Gasteiger partial charge is 0.296 e. The van der Waals surface area contributed by atoms with Gasteiger partial charge in [-0.1, -0.05) is 47.5 Å². The number of rotatable bonds is 6. The zero-order valence-electron chi connectivity index (χ0n) is 19.4. The molecule has 9 nitrogen and oxygen atoms in total. The fourth-order valence-corrected chi connectivity index (χ4v) is 4.91. The molecule has 0 bridgehead atoms. The number of halogens is 2. The zero-order chi connectivity index (χ0) is 26.9. The van der Waals surface area contributed by atoms with Gasteiger partial charge in [-0.25, -0.2) is 0 Å². The summed E-state index contributed by atoms with van der Waals surface area (Å²) in [6.07, 6.45) is 0. The first-order valence-electron chi connectivity index (χ1n) is 10.6. The molecule has 4 rings (SSSR count). The maximum atomic E-state index is 13.1. The number of methoxy groups -OCH3 is 1. The molecule has 0 unspecified atom stereocenters. The van der Waals surface area contributed by atoms with E-state index >= 15 is 0 Å². The van der Waals surface area contributed by atoms with E-state index in [0.29, 0.717) is 32.8 Å². The predicted octanol–water partition coefficient (Wildman–Crippen LogP) is 7.08. The second-order valence-corrected chi connectivity index (χ2v) is 10.1. The standard InChI is InChI=1S/C25H19Cl2N3O6S/c1-13-9-19(22(27)21(10-13)37(33,34)35)29-30-23-16-6-4-3-5-14(16)11-17(24(23)31)25(32)28-15-7-8-18(26)20(12-15)36-2/h3-12,31H,1-2H3,(H,28,32)(H,33,34,35). The number of hydrogen-bond acceptors (Lipinski definition) is 7. The lowest BCUT2D eigenvalue weighted by Crippen LogP contribution is -2.12. The maximum Gasteiger partial charge on any atom is 0.296 e. The van der Waals surface area contributed by atoms with E-state index in [1.165, 1.54) is 31.4 Å². The number of amides is 1. The van der Waals surface area contributed by atoms with Gasteiger partial charge in [0.1, 0.15) is 22.0 Å². The number of benzene rings is 4. The van der Waals surface area contributed by atoms with Crippen molar-refractivity contribution >= 4 is 67.1 Å². The van der Waals surface area contributed by atoms with E-state index in [9.17, 15) is 22.9 Å². The van der Waals surface area contributed by atoms with Crippen LogP contribution in [-0.4, -0.2) is 31.1 Å². The molecule has 0 saturated carbocycles. The van der Waals surface area contributed by atoms with Gasteiger partial charge in [-0.05, 0) is 48.2 Å². The van der Waals surface area contributed by atoms with Crippen LogP contribution in [0.2, 0.25) is 10.0 Å². The van der Waals surface area contributed by atoms with Crippen LogP contribution in [0, 0.1) is 6.92 Å². The Morgan fingerprint density at radius 1 is 1.03 bits per heavy atom. The Hall–Kier alpha value is -3.70. The Kier molecular flexibility index (Phi) is 7.37. The summed E-state index contributed by atoms with van der Waals surface area (Å²) in [5.41, 5.74) is 0.650. The van der Waals surface area contributed by atoms with Gasteiger partial charge in [0.2, 0.25) is 0 Å². The number of fused-ring (bicyclic) bond motifs is 1. The van der Waals surface area contributed by atoms with Crippen molar-refractivity contribution in [1.29, 1.82) is 0 Å². The third-order valence-corrected chi connectivity index (χ3v) is 7.05. The highest BCUT2D eigenvalue weighted by Crippen LogP contribution is 2.41. The van der Waals surface area contributed by atoms with Crippen molar-refractivity contribution in [3.05, 3.63) is 81.8 Å². The number of ether oxygens (including phenoxy) is 1. The van der Waals surface area contributed by atoms with Gasteiger partial charge in [0.15, 0.2) is 5.75 Å². The lowest BCUT2D eigenvalue weighted by Gasteiger charge is -2.12. The Morgan fingerprint density at radius 2 is 1.76 bits per heavy atom. The minimum Gasteiger partial charge on any atom is -0.505 e. The van der Waals surface area contributed by atoms with Gasteiger partial charge in [-0.2, -0.15) is 8.42 Å². The lowest BCUT2D eigenvalue weighted by atomic mass is 10.0. The van der Waals surface area contributed by atoms with Crippen LogP contribution < -0.4 is 10.1 Å². The van der Waals surface area contributed by atoms with Gasteiger partial charge < -0.3 is 15.2 Å². The second-order valence-electron chi connectivity index (χ2n) is 7.92. The second kappa shape index (κ2) is 10.3. The fraction of sp³-hybridized carbons (Fsp3) is 0.0800. The van der Waals surface area contributed by atoms with E-state index in [0.717, 1.165) is 0 Å². The molecule has 0 fully saturated rings. The first-order chi connectivity index (χ1) is 17.5. The number of carbonyl (C=O) groups is 1. The number of hydrogen-bond donors (Lipinski definition) is 3. The number of nitrogens with zero attached hydrogens (tertiary/aromatic N) is 2. The van der Waals surface area contributed by atoms with Crippen LogP contribution in [0.15, 0.2) is 75.8 Å².